The average Bonchev–Trinajstić information content (AvgIpc) is 3.54. The Bertz CT molecular complexity index is 1680. The lowest BCUT2D eigenvalue weighted by atomic mass is 9.83. The molecule has 6 rings (SSSR count). The van der Waals surface area contributed by atoms with Crippen molar-refractivity contribution in [3.63, 3.8) is 0 Å². The number of hydrogen-bond donors (Lipinski definition) is 3. The summed E-state index contributed by atoms with van der Waals surface area (Å²) in [5.74, 6) is -0.477. The van der Waals surface area contributed by atoms with Crippen LogP contribution >= 0.6 is 0 Å². The molecule has 0 saturated heterocycles. The molecule has 2 heterocycles. The third-order valence-electron chi connectivity index (χ3n) is 8.63. The number of carbonyl (C=O) groups is 1. The van der Waals surface area contributed by atoms with Gasteiger partial charge in [0.25, 0.3) is 0 Å². The standard InChI is InChI=1S/C35H37N3O3/c1-22-18-23(2)36-34-32(22)29-10-6-7-11-31(29)38(34)20-24-12-14-26(15-13-24)33(27-16-17-28(40)19-27)35(41)37-30(21-39)25-8-4-3-5-9-25/h3-15,18,27-28,30,33,39-40H,16-17,19-21H2,1-2H3,(H,37,41). The van der Waals surface area contributed by atoms with Crippen LogP contribution in [0.5, 0.6) is 0 Å². The van der Waals surface area contributed by atoms with E-state index < -0.39 is 12.0 Å². The molecule has 1 aliphatic carbocycles. The fraction of sp³-hybridized carbons (Fsp3) is 0.314. The molecule has 0 bridgehead atoms. The number of aliphatic hydroxyl groups excluding tert-OH is 2. The second-order valence-corrected chi connectivity index (χ2v) is 11.5. The number of nitrogens with one attached hydrogen (secondary N) is 1. The minimum Gasteiger partial charge on any atom is -0.394 e. The number of carbonyl (C=O) groups excluding carboxylic acids is 1. The summed E-state index contributed by atoms with van der Waals surface area (Å²) in [7, 11) is 0. The highest BCUT2D eigenvalue weighted by atomic mass is 16.3. The molecule has 1 fully saturated rings. The van der Waals surface area contributed by atoms with Gasteiger partial charge in [0, 0.05) is 23.0 Å². The van der Waals surface area contributed by atoms with Gasteiger partial charge in [0.2, 0.25) is 5.91 Å². The van der Waals surface area contributed by atoms with Gasteiger partial charge in [-0.15, -0.1) is 0 Å². The number of pyridine rings is 1. The Morgan fingerprint density at radius 2 is 1.71 bits per heavy atom. The summed E-state index contributed by atoms with van der Waals surface area (Å²) in [5.41, 5.74) is 7.29. The fourth-order valence-electron chi connectivity index (χ4n) is 6.67. The number of benzene rings is 3. The molecule has 3 N–H and O–H groups in total. The summed E-state index contributed by atoms with van der Waals surface area (Å²) < 4.78 is 2.28. The van der Waals surface area contributed by atoms with Crippen molar-refractivity contribution in [2.45, 2.75) is 57.7 Å². The number of rotatable bonds is 8. The van der Waals surface area contributed by atoms with Gasteiger partial charge < -0.3 is 20.1 Å². The monoisotopic (exact) mass is 547 g/mol. The number of aromatic nitrogens is 2. The smallest absolute Gasteiger partial charge is 0.228 e. The van der Waals surface area contributed by atoms with E-state index >= 15 is 0 Å². The summed E-state index contributed by atoms with van der Waals surface area (Å²) in [6.07, 6.45) is 1.71. The van der Waals surface area contributed by atoms with Gasteiger partial charge in [0.15, 0.2) is 0 Å². The molecule has 5 aromatic rings. The summed E-state index contributed by atoms with van der Waals surface area (Å²) >= 11 is 0. The van der Waals surface area contributed by atoms with Crippen LogP contribution in [0.15, 0.2) is 84.9 Å². The maximum absolute atomic E-state index is 13.8. The quantitative estimate of drug-likeness (QED) is 0.224. The highest BCUT2D eigenvalue weighted by Gasteiger charge is 2.36. The number of aliphatic hydroxyl groups is 2. The lowest BCUT2D eigenvalue weighted by molar-refractivity contribution is -0.124. The maximum atomic E-state index is 13.8. The van der Waals surface area contributed by atoms with Crippen LogP contribution in [0.3, 0.4) is 0 Å². The first-order chi connectivity index (χ1) is 19.9. The van der Waals surface area contributed by atoms with Crippen LogP contribution < -0.4 is 5.32 Å². The first kappa shape index (κ1) is 27.2. The van der Waals surface area contributed by atoms with E-state index in [4.69, 9.17) is 4.98 Å². The van der Waals surface area contributed by atoms with E-state index in [1.807, 2.05) is 37.3 Å². The minimum atomic E-state index is -0.480. The maximum Gasteiger partial charge on any atom is 0.228 e. The molecule has 6 nitrogen and oxygen atoms in total. The van der Waals surface area contributed by atoms with Crippen LogP contribution in [0.4, 0.5) is 0 Å². The molecule has 3 aromatic carbocycles. The average molecular weight is 548 g/mol. The zero-order chi connectivity index (χ0) is 28.5. The van der Waals surface area contributed by atoms with Crippen LogP contribution in [-0.4, -0.2) is 38.4 Å². The number of fused-ring (bicyclic) bond motifs is 3. The summed E-state index contributed by atoms with van der Waals surface area (Å²) in [5, 5.41) is 25.9. The highest BCUT2D eigenvalue weighted by Crippen LogP contribution is 2.39. The first-order valence-electron chi connectivity index (χ1n) is 14.5. The molecular formula is C35H37N3O3. The molecule has 4 unspecified atom stereocenters. The Hall–Kier alpha value is -4.00. The van der Waals surface area contributed by atoms with Gasteiger partial charge in [0.05, 0.1) is 30.2 Å². The largest absolute Gasteiger partial charge is 0.394 e. The van der Waals surface area contributed by atoms with Gasteiger partial charge in [0.1, 0.15) is 5.65 Å². The second kappa shape index (κ2) is 11.5. The van der Waals surface area contributed by atoms with E-state index in [2.05, 4.69) is 71.4 Å². The minimum absolute atomic E-state index is 0.0402. The first-order valence-corrected chi connectivity index (χ1v) is 14.5. The van der Waals surface area contributed by atoms with Gasteiger partial charge >= 0.3 is 0 Å². The predicted molar refractivity (Wildman–Crippen MR) is 163 cm³/mol. The number of amides is 1. The zero-order valence-electron chi connectivity index (χ0n) is 23.6. The SMILES string of the molecule is Cc1cc(C)c2c3ccccc3n(Cc3ccc(C(C(=O)NC(CO)c4ccccc4)C4CCC(O)C4)cc3)c2n1. The van der Waals surface area contributed by atoms with Crippen molar-refractivity contribution < 1.29 is 15.0 Å². The van der Waals surface area contributed by atoms with Gasteiger partial charge in [-0.25, -0.2) is 4.98 Å². The number of nitrogens with zero attached hydrogens (tertiary/aromatic N) is 2. The lowest BCUT2D eigenvalue weighted by Gasteiger charge is -2.26. The van der Waals surface area contributed by atoms with Crippen molar-refractivity contribution in [3.8, 4) is 0 Å². The predicted octanol–water partition coefficient (Wildman–Crippen LogP) is 5.95. The van der Waals surface area contributed by atoms with Crippen LogP contribution in [0.1, 0.15) is 59.2 Å². The number of hydrogen-bond acceptors (Lipinski definition) is 4. The normalized spacial score (nSPS) is 18.5. The van der Waals surface area contributed by atoms with E-state index in [0.29, 0.717) is 19.4 Å². The number of para-hydroxylation sites is 1. The van der Waals surface area contributed by atoms with Crippen molar-refractivity contribution in [3.05, 3.63) is 113 Å². The summed E-state index contributed by atoms with van der Waals surface area (Å²) in [6.45, 7) is 4.67. The Labute approximate surface area is 240 Å². The van der Waals surface area contributed by atoms with Crippen molar-refractivity contribution in [1.82, 2.24) is 14.9 Å². The Balaban J connectivity index is 1.31. The van der Waals surface area contributed by atoms with Crippen molar-refractivity contribution in [1.29, 1.82) is 0 Å². The Morgan fingerprint density at radius 1 is 0.976 bits per heavy atom. The molecule has 2 aromatic heterocycles. The highest BCUT2D eigenvalue weighted by molar-refractivity contribution is 6.08. The Kier molecular flexibility index (Phi) is 7.61. The van der Waals surface area contributed by atoms with Gasteiger partial charge in [-0.05, 0) is 73.4 Å². The molecule has 210 valence electrons. The Morgan fingerprint density at radius 3 is 2.41 bits per heavy atom. The third-order valence-corrected chi connectivity index (χ3v) is 8.63. The second-order valence-electron chi connectivity index (χ2n) is 11.5. The molecule has 1 aliphatic rings. The van der Waals surface area contributed by atoms with Gasteiger partial charge in [-0.1, -0.05) is 72.8 Å². The molecule has 0 aliphatic heterocycles. The molecule has 4 atom stereocenters. The molecule has 0 radical (unpaired) electrons. The van der Waals surface area contributed by atoms with Crippen molar-refractivity contribution in [2.75, 3.05) is 6.61 Å². The van der Waals surface area contributed by atoms with Gasteiger partial charge in [-0.2, -0.15) is 0 Å². The zero-order valence-corrected chi connectivity index (χ0v) is 23.6. The molecule has 1 amide bonds. The van der Waals surface area contributed by atoms with E-state index in [0.717, 1.165) is 40.0 Å². The number of aryl methyl sites for hydroxylation is 2. The molecule has 6 heteroatoms. The molecule has 0 spiro atoms. The van der Waals surface area contributed by atoms with Crippen LogP contribution in [0, 0.1) is 19.8 Å². The van der Waals surface area contributed by atoms with E-state index in [1.165, 1.54) is 16.3 Å². The summed E-state index contributed by atoms with van der Waals surface area (Å²) in [6, 6.07) is 28.0. The lowest BCUT2D eigenvalue weighted by Crippen LogP contribution is -2.37. The van der Waals surface area contributed by atoms with E-state index in [1.54, 1.807) is 0 Å². The van der Waals surface area contributed by atoms with Gasteiger partial charge in [-0.3, -0.25) is 4.79 Å². The fourth-order valence-corrected chi connectivity index (χ4v) is 6.67. The van der Waals surface area contributed by atoms with E-state index in [9.17, 15) is 15.0 Å². The topological polar surface area (TPSA) is 87.4 Å². The van der Waals surface area contributed by atoms with Crippen LogP contribution in [0.25, 0.3) is 21.9 Å². The van der Waals surface area contributed by atoms with Crippen LogP contribution in [0.2, 0.25) is 0 Å². The van der Waals surface area contributed by atoms with Crippen molar-refractivity contribution >= 4 is 27.8 Å². The third kappa shape index (κ3) is 5.37. The van der Waals surface area contributed by atoms with E-state index in [-0.39, 0.29) is 24.5 Å². The van der Waals surface area contributed by atoms with Crippen LogP contribution in [-0.2, 0) is 11.3 Å². The summed E-state index contributed by atoms with van der Waals surface area (Å²) in [4.78, 5) is 18.7. The molecule has 41 heavy (non-hydrogen) atoms. The molecule has 1 saturated carbocycles. The molecular weight excluding hydrogens is 510 g/mol. The van der Waals surface area contributed by atoms with Crippen molar-refractivity contribution in [2.24, 2.45) is 5.92 Å².